The quantitative estimate of drug-likeness (QED) is 0.762. The summed E-state index contributed by atoms with van der Waals surface area (Å²) in [6, 6.07) is 13.5. The molecule has 0 bridgehead atoms. The molecule has 1 fully saturated rings. The van der Waals surface area contributed by atoms with Crippen LogP contribution in [0.15, 0.2) is 42.5 Å². The van der Waals surface area contributed by atoms with Crippen molar-refractivity contribution in [2.45, 2.75) is 31.2 Å². The third-order valence-corrected chi connectivity index (χ3v) is 5.75. The van der Waals surface area contributed by atoms with Gasteiger partial charge in [0.15, 0.2) is 0 Å². The van der Waals surface area contributed by atoms with E-state index in [1.54, 1.807) is 6.07 Å². The van der Waals surface area contributed by atoms with Crippen molar-refractivity contribution < 1.29 is 9.13 Å². The Kier molecular flexibility index (Phi) is 3.89. The smallest absolute Gasteiger partial charge is 0.125 e. The standard InChI is InChI=1S/C21H22FN3O/c22-16-5-6-18-19(12-16)24-21(23-18)14-7-9-25(10-8-14)17-11-15-3-1-2-4-20(15)26-13-17/h1-6,12,14,17H,7-11,13H2,(H,23,24)/t17-/m0/s1. The highest BCUT2D eigenvalue weighted by Gasteiger charge is 2.30. The number of benzene rings is 2. The molecular weight excluding hydrogens is 329 g/mol. The molecule has 2 aliphatic heterocycles. The van der Waals surface area contributed by atoms with Gasteiger partial charge in [-0.05, 0) is 62.2 Å². The third-order valence-electron chi connectivity index (χ3n) is 5.75. The topological polar surface area (TPSA) is 41.2 Å². The van der Waals surface area contributed by atoms with Crippen molar-refractivity contribution in [3.05, 3.63) is 59.7 Å². The van der Waals surface area contributed by atoms with Gasteiger partial charge in [-0.15, -0.1) is 0 Å². The Hall–Kier alpha value is -2.40. The summed E-state index contributed by atoms with van der Waals surface area (Å²) in [5, 5.41) is 0. The van der Waals surface area contributed by atoms with Crippen LogP contribution in [-0.4, -0.2) is 40.6 Å². The average Bonchev–Trinajstić information content (AvgIpc) is 3.11. The van der Waals surface area contributed by atoms with Crippen LogP contribution < -0.4 is 4.74 Å². The van der Waals surface area contributed by atoms with Crippen LogP contribution in [0.25, 0.3) is 11.0 Å². The maximum atomic E-state index is 13.4. The van der Waals surface area contributed by atoms with Gasteiger partial charge in [0.2, 0.25) is 0 Å². The zero-order valence-electron chi connectivity index (χ0n) is 14.6. The van der Waals surface area contributed by atoms with Crippen molar-refractivity contribution in [1.82, 2.24) is 14.9 Å². The number of nitrogens with one attached hydrogen (secondary N) is 1. The highest BCUT2D eigenvalue weighted by molar-refractivity contribution is 5.75. The number of halogens is 1. The van der Waals surface area contributed by atoms with Crippen molar-refractivity contribution in [2.24, 2.45) is 0 Å². The zero-order chi connectivity index (χ0) is 17.5. The summed E-state index contributed by atoms with van der Waals surface area (Å²) in [7, 11) is 0. The van der Waals surface area contributed by atoms with Gasteiger partial charge in [-0.25, -0.2) is 9.37 Å². The number of para-hydroxylation sites is 1. The first-order chi connectivity index (χ1) is 12.8. The van der Waals surface area contributed by atoms with Gasteiger partial charge in [0.1, 0.15) is 24.0 Å². The summed E-state index contributed by atoms with van der Waals surface area (Å²) in [5.41, 5.74) is 2.95. The minimum Gasteiger partial charge on any atom is -0.492 e. The van der Waals surface area contributed by atoms with E-state index in [2.05, 4.69) is 33.1 Å². The van der Waals surface area contributed by atoms with E-state index in [0.717, 1.165) is 61.6 Å². The van der Waals surface area contributed by atoms with Gasteiger partial charge in [0.25, 0.3) is 0 Å². The summed E-state index contributed by atoms with van der Waals surface area (Å²) in [6.07, 6.45) is 3.20. The van der Waals surface area contributed by atoms with E-state index in [0.29, 0.717) is 12.0 Å². The second-order valence-electron chi connectivity index (χ2n) is 7.37. The van der Waals surface area contributed by atoms with Gasteiger partial charge >= 0.3 is 0 Å². The van der Waals surface area contributed by atoms with Crippen LogP contribution in [0, 0.1) is 5.82 Å². The molecule has 1 atom stereocenters. The number of rotatable bonds is 2. The first kappa shape index (κ1) is 15.8. The maximum Gasteiger partial charge on any atom is 0.125 e. The number of hydrogen-bond acceptors (Lipinski definition) is 3. The number of H-pyrrole nitrogens is 1. The van der Waals surface area contributed by atoms with Gasteiger partial charge in [0, 0.05) is 12.0 Å². The van der Waals surface area contributed by atoms with Crippen molar-refractivity contribution in [3.8, 4) is 5.75 Å². The van der Waals surface area contributed by atoms with E-state index < -0.39 is 0 Å². The average molecular weight is 351 g/mol. The molecule has 26 heavy (non-hydrogen) atoms. The first-order valence-electron chi connectivity index (χ1n) is 9.36. The molecule has 0 saturated carbocycles. The molecule has 0 radical (unpaired) electrons. The van der Waals surface area contributed by atoms with Crippen molar-refractivity contribution in [1.29, 1.82) is 0 Å². The summed E-state index contributed by atoms with van der Waals surface area (Å²) in [6.45, 7) is 2.87. The number of fused-ring (bicyclic) bond motifs is 2. The predicted molar refractivity (Wildman–Crippen MR) is 99.0 cm³/mol. The van der Waals surface area contributed by atoms with Crippen LogP contribution in [0.1, 0.15) is 30.1 Å². The van der Waals surface area contributed by atoms with Crippen LogP contribution in [0.5, 0.6) is 5.75 Å². The lowest BCUT2D eigenvalue weighted by Crippen LogP contribution is -2.46. The molecule has 1 aromatic heterocycles. The maximum absolute atomic E-state index is 13.4. The fourth-order valence-corrected chi connectivity index (χ4v) is 4.28. The Morgan fingerprint density at radius 2 is 1.96 bits per heavy atom. The number of ether oxygens (including phenoxy) is 1. The molecule has 3 aromatic rings. The van der Waals surface area contributed by atoms with E-state index >= 15 is 0 Å². The number of nitrogens with zero attached hydrogens (tertiary/aromatic N) is 2. The molecule has 0 amide bonds. The van der Waals surface area contributed by atoms with Gasteiger partial charge in [-0.1, -0.05) is 18.2 Å². The Morgan fingerprint density at radius 1 is 1.12 bits per heavy atom. The summed E-state index contributed by atoms with van der Waals surface area (Å²) >= 11 is 0. The fourth-order valence-electron chi connectivity index (χ4n) is 4.28. The van der Waals surface area contributed by atoms with Gasteiger partial charge in [-0.3, -0.25) is 4.90 Å². The SMILES string of the molecule is Fc1ccc2nc(C3CCN([C@@H]4COc5ccccc5C4)CC3)[nH]c2c1. The first-order valence-corrected chi connectivity index (χ1v) is 9.36. The van der Waals surface area contributed by atoms with Crippen LogP contribution >= 0.6 is 0 Å². The second-order valence-corrected chi connectivity index (χ2v) is 7.37. The molecule has 5 heteroatoms. The number of piperidine rings is 1. The molecule has 2 aromatic carbocycles. The Balaban J connectivity index is 1.26. The normalized spacial score (nSPS) is 21.5. The van der Waals surface area contributed by atoms with Crippen LogP contribution in [-0.2, 0) is 6.42 Å². The molecule has 0 unspecified atom stereocenters. The monoisotopic (exact) mass is 351 g/mol. The molecule has 2 aliphatic rings. The van der Waals surface area contributed by atoms with E-state index in [9.17, 15) is 4.39 Å². The Bertz CT molecular complexity index is 930. The molecule has 1 N–H and O–H groups in total. The third kappa shape index (κ3) is 2.86. The van der Waals surface area contributed by atoms with Crippen molar-refractivity contribution >= 4 is 11.0 Å². The van der Waals surface area contributed by atoms with E-state index in [-0.39, 0.29) is 5.82 Å². The van der Waals surface area contributed by atoms with Crippen LogP contribution in [0.2, 0.25) is 0 Å². The number of imidazole rings is 1. The van der Waals surface area contributed by atoms with Crippen molar-refractivity contribution in [3.63, 3.8) is 0 Å². The number of aromatic amines is 1. The molecule has 134 valence electrons. The highest BCUT2D eigenvalue weighted by Crippen LogP contribution is 2.31. The number of hydrogen-bond donors (Lipinski definition) is 1. The summed E-state index contributed by atoms with van der Waals surface area (Å²) in [4.78, 5) is 10.5. The molecule has 5 rings (SSSR count). The lowest BCUT2D eigenvalue weighted by atomic mass is 9.93. The van der Waals surface area contributed by atoms with Crippen molar-refractivity contribution in [2.75, 3.05) is 19.7 Å². The lowest BCUT2D eigenvalue weighted by Gasteiger charge is -2.39. The molecule has 4 nitrogen and oxygen atoms in total. The van der Waals surface area contributed by atoms with E-state index in [1.165, 1.54) is 17.7 Å². The van der Waals surface area contributed by atoms with Crippen LogP contribution in [0.3, 0.4) is 0 Å². The Labute approximate surface area is 152 Å². The minimum atomic E-state index is -0.222. The molecule has 0 aliphatic carbocycles. The fraction of sp³-hybridized carbons (Fsp3) is 0.381. The number of likely N-dealkylation sites (tertiary alicyclic amines) is 1. The molecule has 1 saturated heterocycles. The second kappa shape index (κ2) is 6.40. The molecular formula is C21H22FN3O. The highest BCUT2D eigenvalue weighted by atomic mass is 19.1. The van der Waals surface area contributed by atoms with Gasteiger partial charge in [-0.2, -0.15) is 0 Å². The van der Waals surface area contributed by atoms with Gasteiger partial charge in [0.05, 0.1) is 11.0 Å². The molecule has 0 spiro atoms. The number of aromatic nitrogens is 2. The Morgan fingerprint density at radius 3 is 2.85 bits per heavy atom. The van der Waals surface area contributed by atoms with Gasteiger partial charge < -0.3 is 9.72 Å². The van der Waals surface area contributed by atoms with E-state index in [4.69, 9.17) is 4.74 Å². The van der Waals surface area contributed by atoms with E-state index in [1.807, 2.05) is 6.07 Å². The summed E-state index contributed by atoms with van der Waals surface area (Å²) < 4.78 is 19.3. The minimum absolute atomic E-state index is 0.222. The molecule has 3 heterocycles. The van der Waals surface area contributed by atoms with Crippen LogP contribution in [0.4, 0.5) is 4.39 Å². The lowest BCUT2D eigenvalue weighted by molar-refractivity contribution is 0.0942. The largest absolute Gasteiger partial charge is 0.492 e. The zero-order valence-corrected chi connectivity index (χ0v) is 14.6. The summed E-state index contributed by atoms with van der Waals surface area (Å²) in [5.74, 6) is 2.22. The predicted octanol–water partition coefficient (Wildman–Crippen LogP) is 3.89.